The zero-order valence-electron chi connectivity index (χ0n) is 10.8. The van der Waals surface area contributed by atoms with E-state index in [2.05, 4.69) is 31.2 Å². The Labute approximate surface area is 110 Å². The number of rotatable bonds is 3. The predicted octanol–water partition coefficient (Wildman–Crippen LogP) is 4.98. The summed E-state index contributed by atoms with van der Waals surface area (Å²) >= 11 is 6.50. The highest BCUT2D eigenvalue weighted by atomic mass is 35.5. The minimum Gasteiger partial charge on any atom is -0.123 e. The number of alkyl halides is 1. The van der Waals surface area contributed by atoms with Gasteiger partial charge < -0.3 is 0 Å². The second-order valence-corrected chi connectivity index (χ2v) is 5.85. The van der Waals surface area contributed by atoms with E-state index < -0.39 is 0 Å². The van der Waals surface area contributed by atoms with Gasteiger partial charge in [-0.1, -0.05) is 50.5 Å². The Morgan fingerprint density at radius 3 is 2.35 bits per heavy atom. The second-order valence-electron chi connectivity index (χ2n) is 5.29. The van der Waals surface area contributed by atoms with E-state index >= 15 is 0 Å². The standard InChI is InChI=1S/C16H23Cl/c1-2-13-8-10-14(11-9-13)12-15-6-4-3-5-7-16(15)17/h8-11,15-16H,2-7,12H2,1H3. The van der Waals surface area contributed by atoms with Crippen molar-refractivity contribution < 1.29 is 0 Å². The van der Waals surface area contributed by atoms with Gasteiger partial charge in [0.05, 0.1) is 0 Å². The van der Waals surface area contributed by atoms with Gasteiger partial charge in [-0.3, -0.25) is 0 Å². The fraction of sp³-hybridized carbons (Fsp3) is 0.625. The minimum atomic E-state index is 0.392. The average molecular weight is 251 g/mol. The largest absolute Gasteiger partial charge is 0.123 e. The molecule has 0 saturated heterocycles. The van der Waals surface area contributed by atoms with Crippen molar-refractivity contribution in [3.63, 3.8) is 0 Å². The Morgan fingerprint density at radius 2 is 1.65 bits per heavy atom. The molecule has 0 N–H and O–H groups in total. The maximum Gasteiger partial charge on any atom is 0.0367 e. The van der Waals surface area contributed by atoms with Gasteiger partial charge >= 0.3 is 0 Å². The molecule has 0 amide bonds. The second kappa shape index (κ2) is 6.44. The molecular formula is C16H23Cl. The van der Waals surface area contributed by atoms with Crippen LogP contribution in [0.4, 0.5) is 0 Å². The molecule has 1 aromatic carbocycles. The van der Waals surface area contributed by atoms with Gasteiger partial charge in [0.2, 0.25) is 0 Å². The molecular weight excluding hydrogens is 228 g/mol. The van der Waals surface area contributed by atoms with Crippen molar-refractivity contribution in [1.29, 1.82) is 0 Å². The van der Waals surface area contributed by atoms with Gasteiger partial charge in [-0.15, -0.1) is 11.6 Å². The molecule has 94 valence electrons. The Balaban J connectivity index is 1.98. The van der Waals surface area contributed by atoms with Crippen LogP contribution in [0, 0.1) is 5.92 Å². The van der Waals surface area contributed by atoms with Crippen molar-refractivity contribution in [2.75, 3.05) is 0 Å². The van der Waals surface area contributed by atoms with Crippen molar-refractivity contribution in [2.24, 2.45) is 5.92 Å². The van der Waals surface area contributed by atoms with Gasteiger partial charge in [0.1, 0.15) is 0 Å². The van der Waals surface area contributed by atoms with Crippen LogP contribution >= 0.6 is 11.6 Å². The summed E-state index contributed by atoms with van der Waals surface area (Å²) in [6.07, 6.45) is 8.86. The third-order valence-corrected chi connectivity index (χ3v) is 4.57. The zero-order chi connectivity index (χ0) is 12.1. The molecule has 2 atom stereocenters. The highest BCUT2D eigenvalue weighted by Crippen LogP contribution is 2.30. The van der Waals surface area contributed by atoms with Crippen LogP contribution < -0.4 is 0 Å². The van der Waals surface area contributed by atoms with Crippen molar-refractivity contribution in [1.82, 2.24) is 0 Å². The molecule has 0 radical (unpaired) electrons. The van der Waals surface area contributed by atoms with Crippen LogP contribution in [0.3, 0.4) is 0 Å². The molecule has 0 nitrogen and oxygen atoms in total. The fourth-order valence-electron chi connectivity index (χ4n) is 2.78. The van der Waals surface area contributed by atoms with Crippen molar-refractivity contribution in [2.45, 2.75) is 57.2 Å². The topological polar surface area (TPSA) is 0 Å². The summed E-state index contributed by atoms with van der Waals surface area (Å²) in [5.41, 5.74) is 2.89. The van der Waals surface area contributed by atoms with E-state index in [0.717, 1.165) is 12.8 Å². The predicted molar refractivity (Wildman–Crippen MR) is 75.7 cm³/mol. The zero-order valence-corrected chi connectivity index (χ0v) is 11.5. The first-order chi connectivity index (χ1) is 8.29. The first kappa shape index (κ1) is 13.0. The fourth-order valence-corrected chi connectivity index (χ4v) is 3.15. The van der Waals surface area contributed by atoms with Gasteiger partial charge in [-0.05, 0) is 42.7 Å². The van der Waals surface area contributed by atoms with Crippen molar-refractivity contribution >= 4 is 11.6 Å². The van der Waals surface area contributed by atoms with Crippen LogP contribution in [0.15, 0.2) is 24.3 Å². The number of benzene rings is 1. The lowest BCUT2D eigenvalue weighted by atomic mass is 9.91. The summed E-state index contributed by atoms with van der Waals surface area (Å²) in [5.74, 6) is 0.687. The lowest BCUT2D eigenvalue weighted by Crippen LogP contribution is -2.15. The molecule has 0 heterocycles. The molecule has 2 unspecified atom stereocenters. The monoisotopic (exact) mass is 250 g/mol. The molecule has 0 aromatic heterocycles. The lowest BCUT2D eigenvalue weighted by Gasteiger charge is -2.19. The Kier molecular flexibility index (Phi) is 4.91. The molecule has 1 aliphatic carbocycles. The van der Waals surface area contributed by atoms with Crippen LogP contribution in [0.1, 0.15) is 50.2 Å². The van der Waals surface area contributed by atoms with Crippen LogP contribution in [0.2, 0.25) is 0 Å². The molecule has 2 rings (SSSR count). The van der Waals surface area contributed by atoms with Gasteiger partial charge in [0.15, 0.2) is 0 Å². The molecule has 1 aromatic rings. The number of aryl methyl sites for hydroxylation is 1. The van der Waals surface area contributed by atoms with E-state index in [1.807, 2.05) is 0 Å². The lowest BCUT2D eigenvalue weighted by molar-refractivity contribution is 0.465. The van der Waals surface area contributed by atoms with Gasteiger partial charge in [0.25, 0.3) is 0 Å². The summed E-state index contributed by atoms with van der Waals surface area (Å²) in [6.45, 7) is 2.20. The maximum absolute atomic E-state index is 6.50. The number of halogens is 1. The van der Waals surface area contributed by atoms with Crippen LogP contribution in [-0.2, 0) is 12.8 Å². The summed E-state index contributed by atoms with van der Waals surface area (Å²) in [7, 11) is 0. The molecule has 1 heteroatoms. The van der Waals surface area contributed by atoms with E-state index in [9.17, 15) is 0 Å². The van der Waals surface area contributed by atoms with Crippen LogP contribution in [0.25, 0.3) is 0 Å². The third kappa shape index (κ3) is 3.74. The van der Waals surface area contributed by atoms with Gasteiger partial charge in [0, 0.05) is 5.38 Å². The smallest absolute Gasteiger partial charge is 0.0367 e. The minimum absolute atomic E-state index is 0.392. The average Bonchev–Trinajstić information content (AvgIpc) is 2.56. The molecule has 0 bridgehead atoms. The number of hydrogen-bond donors (Lipinski definition) is 0. The van der Waals surface area contributed by atoms with Crippen LogP contribution in [0.5, 0.6) is 0 Å². The Hall–Kier alpha value is -0.490. The van der Waals surface area contributed by atoms with Crippen LogP contribution in [-0.4, -0.2) is 5.38 Å². The first-order valence-corrected chi connectivity index (χ1v) is 7.45. The summed E-state index contributed by atoms with van der Waals surface area (Å²) in [6, 6.07) is 9.09. The molecule has 0 aliphatic heterocycles. The summed E-state index contributed by atoms with van der Waals surface area (Å²) in [5, 5.41) is 0.392. The van der Waals surface area contributed by atoms with E-state index in [0.29, 0.717) is 11.3 Å². The van der Waals surface area contributed by atoms with E-state index in [-0.39, 0.29) is 0 Å². The molecule has 1 aliphatic rings. The van der Waals surface area contributed by atoms with Crippen molar-refractivity contribution in [3.8, 4) is 0 Å². The van der Waals surface area contributed by atoms with Gasteiger partial charge in [-0.25, -0.2) is 0 Å². The number of hydrogen-bond acceptors (Lipinski definition) is 0. The highest BCUT2D eigenvalue weighted by molar-refractivity contribution is 6.20. The molecule has 17 heavy (non-hydrogen) atoms. The highest BCUT2D eigenvalue weighted by Gasteiger charge is 2.21. The van der Waals surface area contributed by atoms with Crippen molar-refractivity contribution in [3.05, 3.63) is 35.4 Å². The third-order valence-electron chi connectivity index (χ3n) is 4.00. The first-order valence-electron chi connectivity index (χ1n) is 7.01. The SMILES string of the molecule is CCc1ccc(CC2CCCCCC2Cl)cc1. The molecule has 0 spiro atoms. The quantitative estimate of drug-likeness (QED) is 0.524. The normalized spacial score (nSPS) is 25.5. The Morgan fingerprint density at radius 1 is 1.00 bits per heavy atom. The van der Waals surface area contributed by atoms with E-state index in [4.69, 9.17) is 11.6 Å². The van der Waals surface area contributed by atoms with Gasteiger partial charge in [-0.2, -0.15) is 0 Å². The van der Waals surface area contributed by atoms with E-state index in [1.54, 1.807) is 0 Å². The Bertz CT molecular complexity index is 328. The maximum atomic E-state index is 6.50. The molecule has 1 saturated carbocycles. The summed E-state index contributed by atoms with van der Waals surface area (Å²) < 4.78 is 0. The summed E-state index contributed by atoms with van der Waals surface area (Å²) in [4.78, 5) is 0. The molecule has 1 fully saturated rings. The van der Waals surface area contributed by atoms with E-state index in [1.165, 1.54) is 43.2 Å².